The fraction of sp³-hybridized carbons (Fsp3) is 0.667. The fourth-order valence-corrected chi connectivity index (χ4v) is 2.00. The molecular formula is C12H20N4. The smallest absolute Gasteiger partial charge is 0.144 e. The van der Waals surface area contributed by atoms with E-state index >= 15 is 0 Å². The number of nitrogens with zero attached hydrogens (tertiary/aromatic N) is 2. The lowest BCUT2D eigenvalue weighted by atomic mass is 10.1. The van der Waals surface area contributed by atoms with Gasteiger partial charge in [0.25, 0.3) is 0 Å². The lowest BCUT2D eigenvalue weighted by Crippen LogP contribution is -2.24. The minimum absolute atomic E-state index is 0.687. The maximum atomic E-state index is 4.44. The van der Waals surface area contributed by atoms with Crippen molar-refractivity contribution in [2.45, 2.75) is 39.2 Å². The van der Waals surface area contributed by atoms with E-state index in [9.17, 15) is 0 Å². The van der Waals surface area contributed by atoms with Gasteiger partial charge in [0, 0.05) is 12.6 Å². The van der Waals surface area contributed by atoms with Crippen LogP contribution in [-0.2, 0) is 0 Å². The first-order valence-electron chi connectivity index (χ1n) is 6.03. The van der Waals surface area contributed by atoms with Gasteiger partial charge >= 0.3 is 0 Å². The van der Waals surface area contributed by atoms with Crippen LogP contribution < -0.4 is 10.6 Å². The van der Waals surface area contributed by atoms with Gasteiger partial charge < -0.3 is 10.6 Å². The topological polar surface area (TPSA) is 49.8 Å². The Morgan fingerprint density at radius 2 is 2.31 bits per heavy atom. The van der Waals surface area contributed by atoms with Crippen LogP contribution in [0.4, 0.5) is 5.82 Å². The summed E-state index contributed by atoms with van der Waals surface area (Å²) in [6.45, 7) is 6.11. The molecule has 1 saturated heterocycles. The van der Waals surface area contributed by atoms with E-state index in [1.165, 1.54) is 19.4 Å². The molecule has 1 aromatic rings. The quantitative estimate of drug-likeness (QED) is 0.810. The molecule has 1 atom stereocenters. The van der Waals surface area contributed by atoms with Gasteiger partial charge in [-0.15, -0.1) is 0 Å². The summed E-state index contributed by atoms with van der Waals surface area (Å²) in [6.07, 6.45) is 5.59. The molecule has 1 aliphatic rings. The molecule has 1 fully saturated rings. The number of aryl methyl sites for hydroxylation is 2. The van der Waals surface area contributed by atoms with Crippen molar-refractivity contribution >= 4 is 5.82 Å². The Bertz CT molecular complexity index is 345. The predicted molar refractivity (Wildman–Crippen MR) is 65.6 cm³/mol. The highest BCUT2D eigenvalue weighted by Gasteiger charge is 2.12. The Labute approximate surface area is 96.9 Å². The van der Waals surface area contributed by atoms with Crippen LogP contribution in [0.1, 0.15) is 30.7 Å². The highest BCUT2D eigenvalue weighted by Crippen LogP contribution is 2.10. The lowest BCUT2D eigenvalue weighted by Gasteiger charge is -2.11. The molecule has 4 nitrogen and oxygen atoms in total. The molecule has 4 heteroatoms. The van der Waals surface area contributed by atoms with Crippen molar-refractivity contribution in [1.82, 2.24) is 15.3 Å². The Balaban J connectivity index is 1.78. The molecule has 0 spiro atoms. The van der Waals surface area contributed by atoms with Crippen molar-refractivity contribution in [3.8, 4) is 0 Å². The first-order chi connectivity index (χ1) is 7.75. The number of anilines is 1. The standard InChI is InChI=1S/C12H20N4/c1-9-10(2)16-12(8-15-9)14-7-5-11-4-3-6-13-11/h8,11,13H,3-7H2,1-2H3,(H,14,16). The average molecular weight is 220 g/mol. The van der Waals surface area contributed by atoms with E-state index in [0.29, 0.717) is 6.04 Å². The van der Waals surface area contributed by atoms with Crippen molar-refractivity contribution in [2.75, 3.05) is 18.4 Å². The maximum Gasteiger partial charge on any atom is 0.144 e. The maximum absolute atomic E-state index is 4.44. The van der Waals surface area contributed by atoms with Crippen LogP contribution in [0.25, 0.3) is 0 Å². The first-order valence-corrected chi connectivity index (χ1v) is 6.03. The van der Waals surface area contributed by atoms with Gasteiger partial charge in [-0.3, -0.25) is 4.98 Å². The predicted octanol–water partition coefficient (Wildman–Crippen LogP) is 1.65. The Kier molecular flexibility index (Phi) is 3.72. The van der Waals surface area contributed by atoms with E-state index in [2.05, 4.69) is 20.6 Å². The summed E-state index contributed by atoms with van der Waals surface area (Å²) < 4.78 is 0. The molecule has 0 amide bonds. The summed E-state index contributed by atoms with van der Waals surface area (Å²) in [5.74, 6) is 0.890. The molecule has 1 unspecified atom stereocenters. The molecule has 0 saturated carbocycles. The zero-order chi connectivity index (χ0) is 11.4. The van der Waals surface area contributed by atoms with Gasteiger partial charge in [-0.05, 0) is 39.7 Å². The SMILES string of the molecule is Cc1ncc(NCCC2CCCN2)nc1C. The largest absolute Gasteiger partial charge is 0.369 e. The molecule has 0 bridgehead atoms. The van der Waals surface area contributed by atoms with Crippen LogP contribution >= 0.6 is 0 Å². The Morgan fingerprint density at radius 3 is 3.00 bits per heavy atom. The normalized spacial score (nSPS) is 20.0. The molecule has 0 radical (unpaired) electrons. The summed E-state index contributed by atoms with van der Waals surface area (Å²) in [7, 11) is 0. The van der Waals surface area contributed by atoms with Gasteiger partial charge in [0.2, 0.25) is 0 Å². The molecule has 0 aromatic carbocycles. The average Bonchev–Trinajstić information content (AvgIpc) is 2.76. The molecule has 88 valence electrons. The van der Waals surface area contributed by atoms with Gasteiger partial charge in [-0.1, -0.05) is 0 Å². The molecule has 16 heavy (non-hydrogen) atoms. The third kappa shape index (κ3) is 2.92. The number of hydrogen-bond donors (Lipinski definition) is 2. The van der Waals surface area contributed by atoms with E-state index in [0.717, 1.165) is 30.2 Å². The highest BCUT2D eigenvalue weighted by atomic mass is 15.0. The van der Waals surface area contributed by atoms with Gasteiger partial charge in [0.05, 0.1) is 17.6 Å². The van der Waals surface area contributed by atoms with Crippen LogP contribution in [0.3, 0.4) is 0 Å². The molecule has 2 heterocycles. The second-order valence-electron chi connectivity index (χ2n) is 4.43. The van der Waals surface area contributed by atoms with Crippen molar-refractivity contribution < 1.29 is 0 Å². The molecule has 2 rings (SSSR count). The molecule has 1 aliphatic heterocycles. The van der Waals surface area contributed by atoms with Gasteiger partial charge in [0.1, 0.15) is 5.82 Å². The minimum Gasteiger partial charge on any atom is -0.369 e. The summed E-state index contributed by atoms with van der Waals surface area (Å²) in [6, 6.07) is 0.687. The van der Waals surface area contributed by atoms with E-state index in [-0.39, 0.29) is 0 Å². The van der Waals surface area contributed by atoms with Gasteiger partial charge in [-0.2, -0.15) is 0 Å². The second-order valence-corrected chi connectivity index (χ2v) is 4.43. The van der Waals surface area contributed by atoms with Crippen LogP contribution in [0.2, 0.25) is 0 Å². The minimum atomic E-state index is 0.687. The van der Waals surface area contributed by atoms with Crippen LogP contribution in [0.15, 0.2) is 6.20 Å². The van der Waals surface area contributed by atoms with E-state index in [1.807, 2.05) is 20.0 Å². The lowest BCUT2D eigenvalue weighted by molar-refractivity contribution is 0.574. The van der Waals surface area contributed by atoms with Crippen molar-refractivity contribution in [3.63, 3.8) is 0 Å². The first kappa shape index (κ1) is 11.3. The Morgan fingerprint density at radius 1 is 1.44 bits per heavy atom. The van der Waals surface area contributed by atoms with Crippen LogP contribution in [0.5, 0.6) is 0 Å². The zero-order valence-corrected chi connectivity index (χ0v) is 10.1. The zero-order valence-electron chi connectivity index (χ0n) is 10.1. The third-order valence-electron chi connectivity index (χ3n) is 3.15. The molecule has 0 aliphatic carbocycles. The molecule has 2 N–H and O–H groups in total. The third-order valence-corrected chi connectivity index (χ3v) is 3.15. The molecule has 1 aromatic heterocycles. The summed E-state index contributed by atoms with van der Waals surface area (Å²) >= 11 is 0. The Hall–Kier alpha value is -1.16. The van der Waals surface area contributed by atoms with Crippen LogP contribution in [0, 0.1) is 13.8 Å². The van der Waals surface area contributed by atoms with Crippen molar-refractivity contribution in [1.29, 1.82) is 0 Å². The number of hydrogen-bond acceptors (Lipinski definition) is 4. The van der Waals surface area contributed by atoms with Gasteiger partial charge in [-0.25, -0.2) is 4.98 Å². The summed E-state index contributed by atoms with van der Waals surface area (Å²) in [5, 5.41) is 6.81. The fourth-order valence-electron chi connectivity index (χ4n) is 2.00. The van der Waals surface area contributed by atoms with Crippen molar-refractivity contribution in [2.24, 2.45) is 0 Å². The van der Waals surface area contributed by atoms with E-state index in [4.69, 9.17) is 0 Å². The highest BCUT2D eigenvalue weighted by molar-refractivity contribution is 5.33. The number of rotatable bonds is 4. The number of nitrogens with one attached hydrogen (secondary N) is 2. The second kappa shape index (κ2) is 5.25. The van der Waals surface area contributed by atoms with Gasteiger partial charge in [0.15, 0.2) is 0 Å². The molecular weight excluding hydrogens is 200 g/mol. The van der Waals surface area contributed by atoms with Crippen molar-refractivity contribution in [3.05, 3.63) is 17.6 Å². The number of aromatic nitrogens is 2. The van der Waals surface area contributed by atoms with E-state index < -0.39 is 0 Å². The summed E-state index contributed by atoms with van der Waals surface area (Å²) in [4.78, 5) is 8.73. The monoisotopic (exact) mass is 220 g/mol. The summed E-state index contributed by atoms with van der Waals surface area (Å²) in [5.41, 5.74) is 2.01. The van der Waals surface area contributed by atoms with Crippen LogP contribution in [-0.4, -0.2) is 29.1 Å². The van der Waals surface area contributed by atoms with E-state index in [1.54, 1.807) is 0 Å².